The summed E-state index contributed by atoms with van der Waals surface area (Å²) in [6.07, 6.45) is 0. The topological polar surface area (TPSA) is 82.3 Å². The van der Waals surface area contributed by atoms with Crippen molar-refractivity contribution < 1.29 is 14.5 Å². The van der Waals surface area contributed by atoms with Gasteiger partial charge in [-0.15, -0.1) is 11.3 Å². The molecule has 150 valence electrons. The maximum absolute atomic E-state index is 12.2. The minimum Gasteiger partial charge on any atom is -0.457 e. The molecule has 4 rings (SSSR count). The Bertz CT molecular complexity index is 1230. The van der Waals surface area contributed by atoms with Crippen LogP contribution in [0.3, 0.4) is 0 Å². The number of nitro benzene ring substituents is 1. The number of esters is 1. The zero-order valence-electron chi connectivity index (χ0n) is 15.3. The van der Waals surface area contributed by atoms with Crippen LogP contribution >= 0.6 is 34.7 Å². The molecule has 1 aromatic heterocycles. The van der Waals surface area contributed by atoms with Gasteiger partial charge in [0.15, 0.2) is 4.34 Å². The summed E-state index contributed by atoms with van der Waals surface area (Å²) < 4.78 is 7.00. The lowest BCUT2D eigenvalue weighted by Crippen LogP contribution is -2.06. The van der Waals surface area contributed by atoms with Gasteiger partial charge in [0.1, 0.15) is 6.61 Å². The number of benzene rings is 3. The summed E-state index contributed by atoms with van der Waals surface area (Å²) in [7, 11) is 0. The van der Waals surface area contributed by atoms with Gasteiger partial charge in [-0.1, -0.05) is 53.7 Å². The number of hydrogen-bond acceptors (Lipinski definition) is 7. The molecule has 0 bridgehead atoms. The Balaban J connectivity index is 1.52. The minimum atomic E-state index is -0.587. The molecule has 3 aromatic carbocycles. The predicted molar refractivity (Wildman–Crippen MR) is 117 cm³/mol. The number of rotatable bonds is 6. The van der Waals surface area contributed by atoms with Crippen LogP contribution in [-0.2, 0) is 11.3 Å². The Hall–Kier alpha value is -2.94. The fraction of sp³-hybridized carbons (Fsp3) is 0.0476. The van der Waals surface area contributed by atoms with Crippen molar-refractivity contribution in [2.24, 2.45) is 0 Å². The van der Waals surface area contributed by atoms with E-state index in [1.807, 2.05) is 24.3 Å². The van der Waals surface area contributed by atoms with Crippen molar-refractivity contribution >= 4 is 56.6 Å². The smallest absolute Gasteiger partial charge is 0.339 e. The summed E-state index contributed by atoms with van der Waals surface area (Å²) in [5.41, 5.74) is 1.55. The minimum absolute atomic E-state index is 0.0643. The molecule has 0 aliphatic heterocycles. The summed E-state index contributed by atoms with van der Waals surface area (Å²) in [5.74, 6) is -0.587. The Morgan fingerprint density at radius 1 is 1.13 bits per heavy atom. The Morgan fingerprint density at radius 3 is 2.67 bits per heavy atom. The number of para-hydroxylation sites is 1. The van der Waals surface area contributed by atoms with Gasteiger partial charge in [0.25, 0.3) is 5.69 Å². The summed E-state index contributed by atoms with van der Waals surface area (Å²) in [5, 5.41) is 11.9. The highest BCUT2D eigenvalue weighted by molar-refractivity contribution is 8.01. The van der Waals surface area contributed by atoms with Crippen LogP contribution in [0.15, 0.2) is 76.0 Å². The molecular formula is C21H13ClN2O4S2. The summed E-state index contributed by atoms with van der Waals surface area (Å²) >= 11 is 8.71. The van der Waals surface area contributed by atoms with Gasteiger partial charge in [-0.2, -0.15) is 0 Å². The van der Waals surface area contributed by atoms with Gasteiger partial charge in [-0.05, 0) is 35.9 Å². The molecular weight excluding hydrogens is 444 g/mol. The van der Waals surface area contributed by atoms with E-state index >= 15 is 0 Å². The number of aromatic nitrogens is 1. The van der Waals surface area contributed by atoms with Crippen LogP contribution in [0.5, 0.6) is 0 Å². The van der Waals surface area contributed by atoms with Gasteiger partial charge < -0.3 is 4.74 Å². The molecule has 30 heavy (non-hydrogen) atoms. The van der Waals surface area contributed by atoms with E-state index in [9.17, 15) is 14.9 Å². The number of halogens is 1. The normalized spacial score (nSPS) is 10.8. The van der Waals surface area contributed by atoms with Gasteiger partial charge in [0, 0.05) is 6.07 Å². The lowest BCUT2D eigenvalue weighted by atomic mass is 10.2. The third-order valence-corrected chi connectivity index (χ3v) is 6.65. The molecule has 0 unspecified atom stereocenters. The number of carbonyl (C=O) groups excluding carboxylic acids is 1. The number of ether oxygens (including phenoxy) is 1. The number of nitro groups is 1. The molecule has 9 heteroatoms. The first-order valence-corrected chi connectivity index (χ1v) is 10.7. The molecule has 0 aliphatic rings. The van der Waals surface area contributed by atoms with Gasteiger partial charge in [-0.25, -0.2) is 9.78 Å². The van der Waals surface area contributed by atoms with Crippen molar-refractivity contribution in [3.8, 4) is 0 Å². The van der Waals surface area contributed by atoms with Crippen LogP contribution in [-0.4, -0.2) is 15.9 Å². The zero-order valence-corrected chi connectivity index (χ0v) is 17.7. The lowest BCUT2D eigenvalue weighted by molar-refractivity contribution is -0.387. The first-order chi connectivity index (χ1) is 14.5. The zero-order chi connectivity index (χ0) is 21.1. The number of hydrogen-bond donors (Lipinski definition) is 0. The van der Waals surface area contributed by atoms with Crippen LogP contribution in [0.2, 0.25) is 5.02 Å². The van der Waals surface area contributed by atoms with Crippen molar-refractivity contribution in [2.75, 3.05) is 0 Å². The van der Waals surface area contributed by atoms with E-state index in [1.165, 1.54) is 29.2 Å². The standard InChI is InChI=1S/C21H13ClN2O4S2/c22-15-6-2-1-5-14(15)20(25)28-12-13-9-10-19(17(11-13)24(26)27)30-21-23-16-7-3-4-8-18(16)29-21/h1-11H,12H2. The monoisotopic (exact) mass is 456 g/mol. The van der Waals surface area contributed by atoms with Crippen molar-refractivity contribution in [2.45, 2.75) is 15.8 Å². The largest absolute Gasteiger partial charge is 0.457 e. The second-order valence-corrected chi connectivity index (χ2v) is 8.89. The Morgan fingerprint density at radius 2 is 1.90 bits per heavy atom. The lowest BCUT2D eigenvalue weighted by Gasteiger charge is -2.07. The SMILES string of the molecule is O=C(OCc1ccc(Sc2nc3ccccc3s2)c([N+](=O)[O-])c1)c1ccccc1Cl. The number of thiazole rings is 1. The third-order valence-electron chi connectivity index (χ3n) is 4.16. The van der Waals surface area contributed by atoms with Crippen molar-refractivity contribution in [1.29, 1.82) is 0 Å². The molecule has 0 saturated heterocycles. The first-order valence-electron chi connectivity index (χ1n) is 8.73. The molecule has 0 saturated carbocycles. The van der Waals surface area contributed by atoms with Crippen LogP contribution < -0.4 is 0 Å². The summed E-state index contributed by atoms with van der Waals surface area (Å²) in [6.45, 7) is -0.100. The maximum Gasteiger partial charge on any atom is 0.339 e. The van der Waals surface area contributed by atoms with E-state index in [4.69, 9.17) is 16.3 Å². The van der Waals surface area contributed by atoms with Crippen LogP contribution in [0.1, 0.15) is 15.9 Å². The Kier molecular flexibility index (Phi) is 5.98. The molecule has 0 amide bonds. The highest BCUT2D eigenvalue weighted by Crippen LogP contribution is 2.39. The van der Waals surface area contributed by atoms with E-state index in [2.05, 4.69) is 4.98 Å². The highest BCUT2D eigenvalue weighted by Gasteiger charge is 2.19. The quantitative estimate of drug-likeness (QED) is 0.190. The third kappa shape index (κ3) is 4.46. The van der Waals surface area contributed by atoms with Gasteiger partial charge >= 0.3 is 5.97 Å². The van der Waals surface area contributed by atoms with Crippen LogP contribution in [0.4, 0.5) is 5.69 Å². The van der Waals surface area contributed by atoms with E-state index in [1.54, 1.807) is 36.4 Å². The molecule has 1 heterocycles. The van der Waals surface area contributed by atoms with Crippen molar-refractivity contribution in [1.82, 2.24) is 4.98 Å². The van der Waals surface area contributed by atoms with Crippen LogP contribution in [0, 0.1) is 10.1 Å². The Labute approximate surface area is 184 Å². The van der Waals surface area contributed by atoms with E-state index in [0.29, 0.717) is 10.5 Å². The molecule has 0 radical (unpaired) electrons. The molecule has 0 atom stereocenters. The number of nitrogens with zero attached hydrogens (tertiary/aromatic N) is 2. The average Bonchev–Trinajstić information content (AvgIpc) is 3.15. The van der Waals surface area contributed by atoms with Gasteiger partial charge in [0.2, 0.25) is 0 Å². The van der Waals surface area contributed by atoms with Crippen molar-refractivity contribution in [3.63, 3.8) is 0 Å². The molecule has 0 aliphatic carbocycles. The van der Waals surface area contributed by atoms with Gasteiger partial charge in [0.05, 0.1) is 30.6 Å². The number of fused-ring (bicyclic) bond motifs is 1. The van der Waals surface area contributed by atoms with E-state index < -0.39 is 10.9 Å². The average molecular weight is 457 g/mol. The maximum atomic E-state index is 12.2. The fourth-order valence-corrected chi connectivity index (χ4v) is 5.05. The fourth-order valence-electron chi connectivity index (χ4n) is 2.72. The highest BCUT2D eigenvalue weighted by atomic mass is 35.5. The van der Waals surface area contributed by atoms with E-state index in [-0.39, 0.29) is 22.9 Å². The molecule has 4 aromatic rings. The predicted octanol–water partition coefficient (Wildman–Crippen LogP) is 6.37. The van der Waals surface area contributed by atoms with Crippen molar-refractivity contribution in [3.05, 3.63) is 93.0 Å². The molecule has 0 fully saturated rings. The van der Waals surface area contributed by atoms with E-state index in [0.717, 1.165) is 14.6 Å². The van der Waals surface area contributed by atoms with Crippen LogP contribution in [0.25, 0.3) is 10.2 Å². The molecule has 0 spiro atoms. The summed E-state index contributed by atoms with van der Waals surface area (Å²) in [6, 6.07) is 19.0. The molecule has 0 N–H and O–H groups in total. The summed E-state index contributed by atoms with van der Waals surface area (Å²) in [4.78, 5) is 28.3. The first kappa shape index (κ1) is 20.3. The molecule has 6 nitrogen and oxygen atoms in total. The second-order valence-electron chi connectivity index (χ2n) is 6.16. The second kappa shape index (κ2) is 8.83. The number of carbonyl (C=O) groups is 1. The van der Waals surface area contributed by atoms with Gasteiger partial charge in [-0.3, -0.25) is 10.1 Å².